The third-order valence-electron chi connectivity index (χ3n) is 3.94. The van der Waals surface area contributed by atoms with Gasteiger partial charge in [0.25, 0.3) is 0 Å². The van der Waals surface area contributed by atoms with Gasteiger partial charge in [-0.15, -0.1) is 0 Å². The number of benzene rings is 1. The zero-order chi connectivity index (χ0) is 15.8. The average molecular weight is 321 g/mol. The maximum Gasteiger partial charge on any atom is 0.193 e. The Balaban J connectivity index is 1.83. The lowest BCUT2D eigenvalue weighted by Crippen LogP contribution is -2.48. The van der Waals surface area contributed by atoms with Crippen LogP contribution in [0.5, 0.6) is 5.75 Å². The third kappa shape index (κ3) is 4.83. The van der Waals surface area contributed by atoms with E-state index in [9.17, 15) is 0 Å². The zero-order valence-electron chi connectivity index (χ0n) is 13.8. The van der Waals surface area contributed by atoms with Crippen molar-refractivity contribution in [2.24, 2.45) is 4.99 Å². The van der Waals surface area contributed by atoms with Crippen LogP contribution in [0.3, 0.4) is 0 Å². The SMILES string of the molecule is CCC1CN(C(=NC)NCCc2cccc(OC)c2)CCS1. The molecule has 0 aromatic heterocycles. The van der Waals surface area contributed by atoms with E-state index in [0.717, 1.165) is 43.0 Å². The van der Waals surface area contributed by atoms with Crippen LogP contribution in [-0.2, 0) is 6.42 Å². The van der Waals surface area contributed by atoms with Crippen molar-refractivity contribution in [3.8, 4) is 5.75 Å². The average Bonchev–Trinajstić information content (AvgIpc) is 2.59. The molecule has 1 aromatic rings. The fourth-order valence-electron chi connectivity index (χ4n) is 2.64. The Morgan fingerprint density at radius 1 is 1.50 bits per heavy atom. The number of rotatable bonds is 5. The first-order chi connectivity index (χ1) is 10.8. The van der Waals surface area contributed by atoms with E-state index in [4.69, 9.17) is 4.74 Å². The van der Waals surface area contributed by atoms with Gasteiger partial charge >= 0.3 is 0 Å². The van der Waals surface area contributed by atoms with Gasteiger partial charge in [-0.1, -0.05) is 19.1 Å². The molecule has 22 heavy (non-hydrogen) atoms. The summed E-state index contributed by atoms with van der Waals surface area (Å²) in [7, 11) is 3.58. The van der Waals surface area contributed by atoms with Gasteiger partial charge in [0.15, 0.2) is 5.96 Å². The van der Waals surface area contributed by atoms with Crippen LogP contribution in [0.2, 0.25) is 0 Å². The normalized spacial score (nSPS) is 19.1. The number of methoxy groups -OCH3 is 1. The summed E-state index contributed by atoms with van der Waals surface area (Å²) in [6.45, 7) is 5.33. The first kappa shape index (κ1) is 17.0. The van der Waals surface area contributed by atoms with Gasteiger partial charge in [-0.05, 0) is 30.5 Å². The molecule has 1 unspecified atom stereocenters. The highest BCUT2D eigenvalue weighted by Crippen LogP contribution is 2.21. The molecule has 0 amide bonds. The van der Waals surface area contributed by atoms with Gasteiger partial charge in [0, 0.05) is 37.7 Å². The van der Waals surface area contributed by atoms with Crippen molar-refractivity contribution in [2.75, 3.05) is 39.5 Å². The Labute approximate surface area is 138 Å². The molecule has 2 rings (SSSR count). The molecule has 0 bridgehead atoms. The van der Waals surface area contributed by atoms with Gasteiger partial charge < -0.3 is 15.0 Å². The summed E-state index contributed by atoms with van der Waals surface area (Å²) >= 11 is 2.08. The van der Waals surface area contributed by atoms with Gasteiger partial charge in [0.2, 0.25) is 0 Å². The van der Waals surface area contributed by atoms with Crippen LogP contribution in [0.4, 0.5) is 0 Å². The number of hydrogen-bond donors (Lipinski definition) is 1. The highest BCUT2D eigenvalue weighted by atomic mass is 32.2. The van der Waals surface area contributed by atoms with E-state index >= 15 is 0 Å². The minimum atomic E-state index is 0.727. The lowest BCUT2D eigenvalue weighted by atomic mass is 10.1. The van der Waals surface area contributed by atoms with Crippen LogP contribution in [-0.4, -0.2) is 55.7 Å². The van der Waals surface area contributed by atoms with Crippen molar-refractivity contribution in [3.05, 3.63) is 29.8 Å². The third-order valence-corrected chi connectivity index (χ3v) is 5.31. The van der Waals surface area contributed by atoms with Gasteiger partial charge in [-0.3, -0.25) is 4.99 Å². The molecule has 5 heteroatoms. The molecule has 1 saturated heterocycles. The smallest absolute Gasteiger partial charge is 0.193 e. The summed E-state index contributed by atoms with van der Waals surface area (Å²) in [4.78, 5) is 6.83. The van der Waals surface area contributed by atoms with Crippen LogP contribution in [0.15, 0.2) is 29.3 Å². The Bertz CT molecular complexity index is 493. The van der Waals surface area contributed by atoms with E-state index < -0.39 is 0 Å². The van der Waals surface area contributed by atoms with Crippen molar-refractivity contribution < 1.29 is 4.74 Å². The molecular weight excluding hydrogens is 294 g/mol. The van der Waals surface area contributed by atoms with E-state index in [1.807, 2.05) is 19.2 Å². The molecule has 0 radical (unpaired) electrons. The van der Waals surface area contributed by atoms with E-state index in [-0.39, 0.29) is 0 Å². The fourth-order valence-corrected chi connectivity index (χ4v) is 3.82. The highest BCUT2D eigenvalue weighted by molar-refractivity contribution is 8.00. The molecule has 122 valence electrons. The van der Waals surface area contributed by atoms with Gasteiger partial charge in [0.1, 0.15) is 5.75 Å². The number of aliphatic imine (C=N–C) groups is 1. The Hall–Kier alpha value is -1.36. The van der Waals surface area contributed by atoms with E-state index in [2.05, 4.69) is 46.0 Å². The van der Waals surface area contributed by atoms with Crippen LogP contribution >= 0.6 is 11.8 Å². The Kier molecular flexibility index (Phi) is 6.90. The molecule has 1 aliphatic heterocycles. The zero-order valence-corrected chi connectivity index (χ0v) is 14.7. The van der Waals surface area contributed by atoms with Crippen molar-refractivity contribution in [1.82, 2.24) is 10.2 Å². The molecule has 1 aliphatic rings. The topological polar surface area (TPSA) is 36.9 Å². The molecule has 1 N–H and O–H groups in total. The number of guanidine groups is 1. The van der Waals surface area contributed by atoms with Crippen molar-refractivity contribution >= 4 is 17.7 Å². The lowest BCUT2D eigenvalue weighted by Gasteiger charge is -2.34. The maximum absolute atomic E-state index is 5.27. The van der Waals surface area contributed by atoms with Crippen LogP contribution in [0, 0.1) is 0 Å². The van der Waals surface area contributed by atoms with E-state index in [0.29, 0.717) is 0 Å². The maximum atomic E-state index is 5.27. The molecule has 1 heterocycles. The van der Waals surface area contributed by atoms with E-state index in [1.165, 1.54) is 17.7 Å². The molecule has 0 spiro atoms. The summed E-state index contributed by atoms with van der Waals surface area (Å²) in [6.07, 6.45) is 2.19. The number of nitrogens with zero attached hydrogens (tertiary/aromatic N) is 2. The molecule has 1 fully saturated rings. The van der Waals surface area contributed by atoms with E-state index in [1.54, 1.807) is 7.11 Å². The molecule has 0 saturated carbocycles. The largest absolute Gasteiger partial charge is 0.497 e. The quantitative estimate of drug-likeness (QED) is 0.668. The monoisotopic (exact) mass is 321 g/mol. The van der Waals surface area contributed by atoms with Crippen molar-refractivity contribution in [3.63, 3.8) is 0 Å². The van der Waals surface area contributed by atoms with Crippen molar-refractivity contribution in [1.29, 1.82) is 0 Å². The number of thioether (sulfide) groups is 1. The lowest BCUT2D eigenvalue weighted by molar-refractivity contribution is 0.408. The second kappa shape index (κ2) is 8.93. The summed E-state index contributed by atoms with van der Waals surface area (Å²) in [6, 6.07) is 8.25. The fraction of sp³-hybridized carbons (Fsp3) is 0.588. The molecule has 4 nitrogen and oxygen atoms in total. The van der Waals surface area contributed by atoms with Crippen LogP contribution in [0.25, 0.3) is 0 Å². The number of ether oxygens (including phenoxy) is 1. The second-order valence-electron chi connectivity index (χ2n) is 5.42. The molecule has 1 aromatic carbocycles. The molecule has 1 atom stereocenters. The standard InChI is InChI=1S/C17H27N3OS/c1-4-16-13-20(10-11-22-16)17(18-2)19-9-8-14-6-5-7-15(12-14)21-3/h5-7,12,16H,4,8-11,13H2,1-3H3,(H,18,19). The molecule has 0 aliphatic carbocycles. The summed E-state index contributed by atoms with van der Waals surface area (Å²) in [5.74, 6) is 3.14. The molecular formula is C17H27N3OS. The minimum Gasteiger partial charge on any atom is -0.497 e. The Morgan fingerprint density at radius 2 is 2.36 bits per heavy atom. The van der Waals surface area contributed by atoms with Crippen LogP contribution < -0.4 is 10.1 Å². The van der Waals surface area contributed by atoms with Gasteiger partial charge in [-0.25, -0.2) is 0 Å². The predicted molar refractivity (Wildman–Crippen MR) is 96.2 cm³/mol. The van der Waals surface area contributed by atoms with Gasteiger partial charge in [0.05, 0.1) is 7.11 Å². The van der Waals surface area contributed by atoms with Crippen molar-refractivity contribution in [2.45, 2.75) is 25.0 Å². The first-order valence-electron chi connectivity index (χ1n) is 7.97. The minimum absolute atomic E-state index is 0.727. The second-order valence-corrected chi connectivity index (χ2v) is 6.83. The summed E-state index contributed by atoms with van der Waals surface area (Å²) in [5.41, 5.74) is 1.28. The predicted octanol–water partition coefficient (Wildman–Crippen LogP) is 2.64. The number of nitrogens with one attached hydrogen (secondary N) is 1. The Morgan fingerprint density at radius 3 is 3.09 bits per heavy atom. The first-order valence-corrected chi connectivity index (χ1v) is 9.01. The highest BCUT2D eigenvalue weighted by Gasteiger charge is 2.21. The van der Waals surface area contributed by atoms with Crippen LogP contribution in [0.1, 0.15) is 18.9 Å². The van der Waals surface area contributed by atoms with Gasteiger partial charge in [-0.2, -0.15) is 11.8 Å². The summed E-state index contributed by atoms with van der Waals surface area (Å²) in [5, 5.41) is 4.22. The summed E-state index contributed by atoms with van der Waals surface area (Å²) < 4.78 is 5.27. The number of hydrogen-bond acceptors (Lipinski definition) is 3.